The highest BCUT2D eigenvalue weighted by atomic mass is 19.1. The molecule has 1 aromatic carbocycles. The van der Waals surface area contributed by atoms with Crippen molar-refractivity contribution in [2.24, 2.45) is 0 Å². The van der Waals surface area contributed by atoms with Crippen LogP contribution in [-0.2, 0) is 11.2 Å². The Bertz CT molecular complexity index is 1030. The van der Waals surface area contributed by atoms with Gasteiger partial charge in [0.25, 0.3) is 11.5 Å². The lowest BCUT2D eigenvalue weighted by atomic mass is 10.3. The number of ether oxygens (including phenoxy) is 1. The van der Waals surface area contributed by atoms with Crippen LogP contribution in [0.25, 0.3) is 5.95 Å². The van der Waals surface area contributed by atoms with E-state index in [1.54, 1.807) is 19.1 Å². The fourth-order valence-electron chi connectivity index (χ4n) is 2.41. The van der Waals surface area contributed by atoms with E-state index in [0.29, 0.717) is 23.6 Å². The number of aromatic nitrogens is 4. The Morgan fingerprint density at radius 2 is 2.11 bits per heavy atom. The third kappa shape index (κ3) is 4.38. The number of amides is 1. The standard InChI is InChI=1S/C18H18FN5O3/c1-3-12-9-16(25)22-18(20-12)24-15(8-11(2)23-24)21-17(26)10-27-14-7-5-4-6-13(14)19/h4-9H,3,10H2,1-2H3,(H,21,26)(H,20,22,25). The van der Waals surface area contributed by atoms with Crippen molar-refractivity contribution in [2.75, 3.05) is 11.9 Å². The van der Waals surface area contributed by atoms with Crippen LogP contribution in [0.1, 0.15) is 18.3 Å². The molecule has 1 amide bonds. The summed E-state index contributed by atoms with van der Waals surface area (Å²) >= 11 is 0. The molecule has 0 unspecified atom stereocenters. The number of aromatic amines is 1. The van der Waals surface area contributed by atoms with Crippen molar-refractivity contribution >= 4 is 11.7 Å². The number of rotatable bonds is 6. The van der Waals surface area contributed by atoms with E-state index in [9.17, 15) is 14.0 Å². The average molecular weight is 371 g/mol. The van der Waals surface area contributed by atoms with E-state index in [4.69, 9.17) is 4.74 Å². The van der Waals surface area contributed by atoms with E-state index < -0.39 is 11.7 Å². The molecule has 0 saturated heterocycles. The molecule has 0 aliphatic heterocycles. The molecule has 0 saturated carbocycles. The maximum Gasteiger partial charge on any atom is 0.263 e. The fourth-order valence-corrected chi connectivity index (χ4v) is 2.41. The molecule has 2 heterocycles. The third-order valence-electron chi connectivity index (χ3n) is 3.64. The number of nitrogens with zero attached hydrogens (tertiary/aromatic N) is 3. The van der Waals surface area contributed by atoms with Gasteiger partial charge < -0.3 is 10.1 Å². The zero-order valence-corrected chi connectivity index (χ0v) is 14.8. The summed E-state index contributed by atoms with van der Waals surface area (Å²) in [5.74, 6) is -0.569. The van der Waals surface area contributed by atoms with E-state index >= 15 is 0 Å². The van der Waals surface area contributed by atoms with Crippen LogP contribution < -0.4 is 15.6 Å². The van der Waals surface area contributed by atoms with E-state index in [-0.39, 0.29) is 23.9 Å². The number of nitrogens with one attached hydrogen (secondary N) is 2. The lowest BCUT2D eigenvalue weighted by Gasteiger charge is -2.10. The van der Waals surface area contributed by atoms with Gasteiger partial charge in [0.1, 0.15) is 5.82 Å². The largest absolute Gasteiger partial charge is 0.481 e. The summed E-state index contributed by atoms with van der Waals surface area (Å²) in [5, 5.41) is 6.88. The molecule has 0 atom stereocenters. The first-order valence-corrected chi connectivity index (χ1v) is 8.30. The van der Waals surface area contributed by atoms with E-state index in [0.717, 1.165) is 0 Å². The van der Waals surface area contributed by atoms with Crippen LogP contribution in [0.4, 0.5) is 10.2 Å². The summed E-state index contributed by atoms with van der Waals surface area (Å²) in [6, 6.07) is 8.84. The second-order valence-electron chi connectivity index (χ2n) is 5.76. The number of halogens is 1. The van der Waals surface area contributed by atoms with Gasteiger partial charge in [0.05, 0.1) is 5.69 Å². The van der Waals surface area contributed by atoms with Crippen molar-refractivity contribution in [1.29, 1.82) is 0 Å². The molecular weight excluding hydrogens is 353 g/mol. The molecule has 0 fully saturated rings. The van der Waals surface area contributed by atoms with Crippen molar-refractivity contribution in [2.45, 2.75) is 20.3 Å². The monoisotopic (exact) mass is 371 g/mol. The van der Waals surface area contributed by atoms with Gasteiger partial charge in [-0.1, -0.05) is 19.1 Å². The topological polar surface area (TPSA) is 102 Å². The van der Waals surface area contributed by atoms with Crippen molar-refractivity contribution < 1.29 is 13.9 Å². The SMILES string of the molecule is CCc1cc(=O)[nH]c(-n2nc(C)cc2NC(=O)COc2ccccc2F)n1. The van der Waals surface area contributed by atoms with Gasteiger partial charge in [-0.05, 0) is 25.5 Å². The highest BCUT2D eigenvalue weighted by molar-refractivity contribution is 5.91. The first-order valence-electron chi connectivity index (χ1n) is 8.30. The van der Waals surface area contributed by atoms with Crippen LogP contribution in [0.5, 0.6) is 5.75 Å². The van der Waals surface area contributed by atoms with Crippen LogP contribution >= 0.6 is 0 Å². The van der Waals surface area contributed by atoms with Crippen LogP contribution in [-0.4, -0.2) is 32.3 Å². The molecule has 3 rings (SSSR count). The molecule has 140 valence electrons. The minimum absolute atomic E-state index is 0.0148. The normalized spacial score (nSPS) is 10.6. The number of para-hydroxylation sites is 1. The van der Waals surface area contributed by atoms with Gasteiger partial charge in [0.15, 0.2) is 18.2 Å². The van der Waals surface area contributed by atoms with E-state index in [1.807, 2.05) is 6.92 Å². The van der Waals surface area contributed by atoms with Gasteiger partial charge >= 0.3 is 0 Å². The van der Waals surface area contributed by atoms with E-state index in [2.05, 4.69) is 20.4 Å². The number of anilines is 1. The first kappa shape index (κ1) is 18.3. The lowest BCUT2D eigenvalue weighted by Crippen LogP contribution is -2.23. The van der Waals surface area contributed by atoms with Gasteiger partial charge in [0, 0.05) is 17.8 Å². The number of carbonyl (C=O) groups excluding carboxylic acids is 1. The fraction of sp³-hybridized carbons (Fsp3) is 0.222. The second kappa shape index (κ2) is 7.81. The molecule has 0 aliphatic carbocycles. The molecule has 0 aliphatic rings. The number of carbonyl (C=O) groups is 1. The molecule has 3 aromatic rings. The van der Waals surface area contributed by atoms with Gasteiger partial charge in [0.2, 0.25) is 5.95 Å². The van der Waals surface area contributed by atoms with Gasteiger partial charge in [-0.15, -0.1) is 0 Å². The quantitative estimate of drug-likeness (QED) is 0.690. The predicted molar refractivity (Wildman–Crippen MR) is 96.6 cm³/mol. The average Bonchev–Trinajstić information content (AvgIpc) is 3.00. The van der Waals surface area contributed by atoms with Crippen molar-refractivity contribution in [3.8, 4) is 11.7 Å². The van der Waals surface area contributed by atoms with Crippen molar-refractivity contribution in [1.82, 2.24) is 19.7 Å². The zero-order valence-electron chi connectivity index (χ0n) is 14.8. The van der Waals surface area contributed by atoms with Crippen molar-refractivity contribution in [3.05, 3.63) is 64.0 Å². The Hall–Kier alpha value is -3.49. The predicted octanol–water partition coefficient (Wildman–Crippen LogP) is 1.98. The smallest absolute Gasteiger partial charge is 0.263 e. The second-order valence-corrected chi connectivity index (χ2v) is 5.76. The van der Waals surface area contributed by atoms with Crippen LogP contribution in [0, 0.1) is 12.7 Å². The highest BCUT2D eigenvalue weighted by Crippen LogP contribution is 2.16. The maximum absolute atomic E-state index is 13.6. The van der Waals surface area contributed by atoms with Gasteiger partial charge in [-0.2, -0.15) is 9.78 Å². The summed E-state index contributed by atoms with van der Waals surface area (Å²) in [6.45, 7) is 3.23. The Balaban J connectivity index is 1.78. The number of aryl methyl sites for hydroxylation is 2. The minimum atomic E-state index is -0.552. The highest BCUT2D eigenvalue weighted by Gasteiger charge is 2.14. The molecule has 0 spiro atoms. The van der Waals surface area contributed by atoms with Gasteiger partial charge in [-0.25, -0.2) is 9.37 Å². The number of hydrogen-bond acceptors (Lipinski definition) is 5. The number of H-pyrrole nitrogens is 1. The summed E-state index contributed by atoms with van der Waals surface area (Å²) in [7, 11) is 0. The summed E-state index contributed by atoms with van der Waals surface area (Å²) in [5.41, 5.74) is 0.900. The summed E-state index contributed by atoms with van der Waals surface area (Å²) in [4.78, 5) is 30.9. The number of benzene rings is 1. The minimum Gasteiger partial charge on any atom is -0.481 e. The van der Waals surface area contributed by atoms with E-state index in [1.165, 1.54) is 28.9 Å². The first-order chi connectivity index (χ1) is 13.0. The van der Waals surface area contributed by atoms with Crippen LogP contribution in [0.2, 0.25) is 0 Å². The van der Waals surface area contributed by atoms with Crippen molar-refractivity contribution in [3.63, 3.8) is 0 Å². The third-order valence-corrected chi connectivity index (χ3v) is 3.64. The maximum atomic E-state index is 13.6. The Kier molecular flexibility index (Phi) is 5.30. The molecule has 2 aromatic heterocycles. The lowest BCUT2D eigenvalue weighted by molar-refractivity contribution is -0.118. The summed E-state index contributed by atoms with van der Waals surface area (Å²) < 4.78 is 20.1. The molecule has 0 bridgehead atoms. The summed E-state index contributed by atoms with van der Waals surface area (Å²) in [6.07, 6.45) is 0.579. The Morgan fingerprint density at radius 1 is 1.33 bits per heavy atom. The molecule has 9 heteroatoms. The van der Waals surface area contributed by atoms with Gasteiger partial charge in [-0.3, -0.25) is 14.6 Å². The molecule has 2 N–H and O–H groups in total. The zero-order chi connectivity index (χ0) is 19.4. The molecule has 27 heavy (non-hydrogen) atoms. The van der Waals surface area contributed by atoms with Crippen LogP contribution in [0.15, 0.2) is 41.2 Å². The molecule has 0 radical (unpaired) electrons. The number of hydrogen-bond donors (Lipinski definition) is 2. The molecular formula is C18H18FN5O3. The molecule has 8 nitrogen and oxygen atoms in total. The van der Waals surface area contributed by atoms with Crippen LogP contribution in [0.3, 0.4) is 0 Å². The Labute approximate surface area is 154 Å². The Morgan fingerprint density at radius 3 is 2.85 bits per heavy atom.